The summed E-state index contributed by atoms with van der Waals surface area (Å²) in [6, 6.07) is 1.93. The highest BCUT2D eigenvalue weighted by Gasteiger charge is 2.04. The highest BCUT2D eigenvalue weighted by molar-refractivity contribution is 7.87. The number of rotatable bonds is 6. The Kier molecular flexibility index (Phi) is 5.62. The fraction of sp³-hybridized carbons (Fsp3) is 0.833. The minimum atomic E-state index is -3.32. The van der Waals surface area contributed by atoms with E-state index in [2.05, 4.69) is 9.44 Å². The molecule has 0 unspecified atom stereocenters. The average molecular weight is 191 g/mol. The number of hydrogen-bond acceptors (Lipinski definition) is 3. The van der Waals surface area contributed by atoms with Gasteiger partial charge in [-0.05, 0) is 6.42 Å². The lowest BCUT2D eigenvalue weighted by Crippen LogP contribution is -2.36. The summed E-state index contributed by atoms with van der Waals surface area (Å²) in [5, 5.41) is 8.16. The van der Waals surface area contributed by atoms with Gasteiger partial charge in [0.05, 0.1) is 6.07 Å². The molecular weight excluding hydrogens is 178 g/mol. The van der Waals surface area contributed by atoms with Crippen molar-refractivity contribution in [1.29, 1.82) is 5.26 Å². The summed E-state index contributed by atoms with van der Waals surface area (Å²) < 4.78 is 26.4. The van der Waals surface area contributed by atoms with Crippen LogP contribution < -0.4 is 9.44 Å². The van der Waals surface area contributed by atoms with Gasteiger partial charge in [-0.25, -0.2) is 9.44 Å². The van der Waals surface area contributed by atoms with Crippen LogP contribution in [0.5, 0.6) is 0 Å². The van der Waals surface area contributed by atoms with Crippen molar-refractivity contribution in [2.24, 2.45) is 0 Å². The molecule has 0 amide bonds. The third-order valence-corrected chi connectivity index (χ3v) is 2.34. The summed E-state index contributed by atoms with van der Waals surface area (Å²) in [6.07, 6.45) is 0.912. The molecule has 5 nitrogen and oxygen atoms in total. The van der Waals surface area contributed by atoms with Crippen LogP contribution in [-0.2, 0) is 10.2 Å². The summed E-state index contributed by atoms with van der Waals surface area (Å²) in [4.78, 5) is 0. The first-order chi connectivity index (χ1) is 5.62. The van der Waals surface area contributed by atoms with E-state index in [4.69, 9.17) is 5.26 Å². The second kappa shape index (κ2) is 5.94. The van der Waals surface area contributed by atoms with E-state index in [-0.39, 0.29) is 0 Å². The van der Waals surface area contributed by atoms with E-state index in [1.807, 2.05) is 6.07 Å². The van der Waals surface area contributed by atoms with Crippen molar-refractivity contribution in [3.05, 3.63) is 0 Å². The van der Waals surface area contributed by atoms with Gasteiger partial charge in [-0.2, -0.15) is 13.7 Å². The molecule has 6 heteroatoms. The molecule has 0 aliphatic heterocycles. The van der Waals surface area contributed by atoms with E-state index in [1.54, 1.807) is 6.92 Å². The molecule has 0 aromatic carbocycles. The van der Waals surface area contributed by atoms with Crippen molar-refractivity contribution in [3.8, 4) is 6.07 Å². The van der Waals surface area contributed by atoms with Gasteiger partial charge >= 0.3 is 0 Å². The van der Waals surface area contributed by atoms with Crippen LogP contribution in [0.15, 0.2) is 0 Å². The van der Waals surface area contributed by atoms with E-state index in [1.165, 1.54) is 0 Å². The lowest BCUT2D eigenvalue weighted by molar-refractivity contribution is 0.567. The Morgan fingerprint density at radius 2 is 2.08 bits per heavy atom. The van der Waals surface area contributed by atoms with Crippen molar-refractivity contribution in [2.75, 3.05) is 13.1 Å². The summed E-state index contributed by atoms with van der Waals surface area (Å²) in [5.74, 6) is 0. The monoisotopic (exact) mass is 191 g/mol. The van der Waals surface area contributed by atoms with Crippen LogP contribution in [-0.4, -0.2) is 21.5 Å². The molecule has 0 atom stereocenters. The molecule has 0 saturated heterocycles. The molecule has 0 aliphatic carbocycles. The van der Waals surface area contributed by atoms with Gasteiger partial charge in [0.1, 0.15) is 0 Å². The third-order valence-electron chi connectivity index (χ3n) is 1.09. The minimum absolute atomic E-state index is 0.308. The Labute approximate surface area is 73.0 Å². The lowest BCUT2D eigenvalue weighted by atomic mass is 10.3. The van der Waals surface area contributed by atoms with Gasteiger partial charge < -0.3 is 0 Å². The maximum atomic E-state index is 10.9. The number of nitrogens with one attached hydrogen (secondary N) is 2. The minimum Gasteiger partial charge on any atom is -0.203 e. The smallest absolute Gasteiger partial charge is 0.203 e. The molecule has 0 aromatic heterocycles. The zero-order valence-corrected chi connectivity index (χ0v) is 7.82. The molecule has 0 bridgehead atoms. The van der Waals surface area contributed by atoms with E-state index >= 15 is 0 Å². The van der Waals surface area contributed by atoms with Gasteiger partial charge in [-0.3, -0.25) is 0 Å². The molecule has 12 heavy (non-hydrogen) atoms. The Morgan fingerprint density at radius 1 is 1.42 bits per heavy atom. The Hall–Kier alpha value is -0.640. The first-order valence-electron chi connectivity index (χ1n) is 3.73. The summed E-state index contributed by atoms with van der Waals surface area (Å²) in [7, 11) is -3.32. The van der Waals surface area contributed by atoms with Crippen LogP contribution in [0.3, 0.4) is 0 Å². The third kappa shape index (κ3) is 6.09. The van der Waals surface area contributed by atoms with Crippen LogP contribution in [0.4, 0.5) is 0 Å². The average Bonchev–Trinajstić information content (AvgIpc) is 1.98. The topological polar surface area (TPSA) is 82.0 Å². The Bertz CT molecular complexity index is 242. The molecule has 0 saturated carbocycles. The SMILES string of the molecule is CCNS(=O)(=O)NCCCC#N. The maximum absolute atomic E-state index is 10.9. The van der Waals surface area contributed by atoms with Gasteiger partial charge in [-0.1, -0.05) is 6.92 Å². The van der Waals surface area contributed by atoms with Crippen molar-refractivity contribution in [1.82, 2.24) is 9.44 Å². The zero-order chi connectivity index (χ0) is 9.45. The second-order valence-corrected chi connectivity index (χ2v) is 3.74. The van der Waals surface area contributed by atoms with Crippen LogP contribution >= 0.6 is 0 Å². The van der Waals surface area contributed by atoms with Crippen LogP contribution in [0.2, 0.25) is 0 Å². The van der Waals surface area contributed by atoms with E-state index in [0.29, 0.717) is 25.9 Å². The number of nitrogens with zero attached hydrogens (tertiary/aromatic N) is 1. The molecule has 0 spiro atoms. The highest BCUT2D eigenvalue weighted by atomic mass is 32.2. The van der Waals surface area contributed by atoms with Crippen LogP contribution in [0.25, 0.3) is 0 Å². The molecular formula is C6H13N3O2S. The van der Waals surface area contributed by atoms with Gasteiger partial charge in [0, 0.05) is 19.5 Å². The fourth-order valence-electron chi connectivity index (χ4n) is 0.615. The molecule has 0 aliphatic rings. The van der Waals surface area contributed by atoms with Crippen LogP contribution in [0, 0.1) is 11.3 Å². The molecule has 0 radical (unpaired) electrons. The Balaban J connectivity index is 3.57. The van der Waals surface area contributed by atoms with Crippen molar-refractivity contribution < 1.29 is 8.42 Å². The predicted molar refractivity (Wildman–Crippen MR) is 45.4 cm³/mol. The molecule has 0 heterocycles. The molecule has 0 fully saturated rings. The largest absolute Gasteiger partial charge is 0.276 e. The van der Waals surface area contributed by atoms with Crippen molar-refractivity contribution in [3.63, 3.8) is 0 Å². The standard InChI is InChI=1S/C6H13N3O2S/c1-2-8-12(10,11)9-6-4-3-5-7/h8-9H,2-4,6H2,1H3. The molecule has 70 valence electrons. The predicted octanol–water partition coefficient (Wildman–Crippen LogP) is -0.266. The quantitative estimate of drug-likeness (QED) is 0.567. The summed E-state index contributed by atoms with van der Waals surface area (Å²) in [6.45, 7) is 2.38. The van der Waals surface area contributed by atoms with E-state index in [9.17, 15) is 8.42 Å². The maximum Gasteiger partial charge on any atom is 0.276 e. The highest BCUT2D eigenvalue weighted by Crippen LogP contribution is 1.84. The summed E-state index contributed by atoms with van der Waals surface area (Å²) in [5.41, 5.74) is 0. The second-order valence-electron chi connectivity index (χ2n) is 2.16. The molecule has 0 aromatic rings. The van der Waals surface area contributed by atoms with E-state index in [0.717, 1.165) is 0 Å². The van der Waals surface area contributed by atoms with Gasteiger partial charge in [-0.15, -0.1) is 0 Å². The Morgan fingerprint density at radius 3 is 2.58 bits per heavy atom. The number of hydrogen-bond donors (Lipinski definition) is 2. The first-order valence-corrected chi connectivity index (χ1v) is 5.22. The van der Waals surface area contributed by atoms with Gasteiger partial charge in [0.15, 0.2) is 0 Å². The van der Waals surface area contributed by atoms with Gasteiger partial charge in [0.25, 0.3) is 10.2 Å². The van der Waals surface area contributed by atoms with Crippen LogP contribution in [0.1, 0.15) is 19.8 Å². The molecule has 2 N–H and O–H groups in total. The first kappa shape index (κ1) is 11.4. The normalized spacial score (nSPS) is 11.0. The number of nitriles is 1. The van der Waals surface area contributed by atoms with Crippen molar-refractivity contribution >= 4 is 10.2 Å². The number of unbranched alkanes of at least 4 members (excludes halogenated alkanes) is 1. The lowest BCUT2D eigenvalue weighted by Gasteiger charge is -2.04. The summed E-state index contributed by atoms with van der Waals surface area (Å²) >= 11 is 0. The van der Waals surface area contributed by atoms with E-state index < -0.39 is 10.2 Å². The zero-order valence-electron chi connectivity index (χ0n) is 7.00. The van der Waals surface area contributed by atoms with Gasteiger partial charge in [0.2, 0.25) is 0 Å². The fourth-order valence-corrected chi connectivity index (χ4v) is 1.51. The van der Waals surface area contributed by atoms with Crippen molar-refractivity contribution in [2.45, 2.75) is 19.8 Å². The molecule has 0 rings (SSSR count).